The molecule has 144 valence electrons. The second kappa shape index (κ2) is 6.97. The molecule has 0 unspecified atom stereocenters. The van der Waals surface area contributed by atoms with Gasteiger partial charge in [-0.05, 0) is 49.9 Å². The third-order valence-electron chi connectivity index (χ3n) is 7.21. The molecule has 1 saturated heterocycles. The Labute approximate surface area is 161 Å². The number of fused-ring (bicyclic) bond motifs is 2. The first kappa shape index (κ1) is 17.3. The lowest BCUT2D eigenvalue weighted by Crippen LogP contribution is -2.48. The predicted octanol–water partition coefficient (Wildman–Crippen LogP) is 4.25. The Bertz CT molecular complexity index is 836. The third kappa shape index (κ3) is 3.08. The monoisotopic (exact) mass is 366 g/mol. The minimum absolute atomic E-state index is 0.0538. The maximum Gasteiger partial charge on any atom is 0.308 e. The molecule has 2 heterocycles. The number of nitrogens with zero attached hydrogens (tertiary/aromatic N) is 1. The Balaban J connectivity index is 1.30. The molecular weight excluding hydrogens is 336 g/mol. The van der Waals surface area contributed by atoms with Crippen LogP contribution < -0.4 is 0 Å². The van der Waals surface area contributed by atoms with Crippen LogP contribution in [-0.4, -0.2) is 42.1 Å². The molecule has 2 aromatic rings. The average Bonchev–Trinajstić information content (AvgIpc) is 3.12. The summed E-state index contributed by atoms with van der Waals surface area (Å²) in [6, 6.07) is 7.22. The standard InChI is InChI=1S/C23H30N2O2/c1-25-13-15(14-27-23(26)16-6-3-2-4-7-16)10-19-18-8-5-9-20-22(18)17(12-24-20)11-21(19)25/h5,8-9,12,15-16,19,21,24H,2-4,6-7,10-11,13-14H2,1H3/t15-,19-,21-/m1/s1. The second-order valence-electron chi connectivity index (χ2n) is 8.97. The Kier molecular flexibility index (Phi) is 4.47. The Morgan fingerprint density at radius 3 is 2.96 bits per heavy atom. The number of esters is 1. The van der Waals surface area contributed by atoms with Crippen molar-refractivity contribution in [3.8, 4) is 0 Å². The molecule has 4 heteroatoms. The largest absolute Gasteiger partial charge is 0.465 e. The number of nitrogens with one attached hydrogen (secondary N) is 1. The lowest BCUT2D eigenvalue weighted by atomic mass is 9.72. The van der Waals surface area contributed by atoms with Crippen LogP contribution in [0.5, 0.6) is 0 Å². The third-order valence-corrected chi connectivity index (χ3v) is 7.21. The molecule has 1 aromatic carbocycles. The number of rotatable bonds is 3. The van der Waals surface area contributed by atoms with Crippen LogP contribution >= 0.6 is 0 Å². The fraction of sp³-hybridized carbons (Fsp3) is 0.609. The van der Waals surface area contributed by atoms with Crippen LogP contribution in [0.4, 0.5) is 0 Å². The zero-order chi connectivity index (χ0) is 18.4. The highest BCUT2D eigenvalue weighted by molar-refractivity contribution is 5.88. The van der Waals surface area contributed by atoms with Crippen molar-refractivity contribution in [3.05, 3.63) is 35.5 Å². The lowest BCUT2D eigenvalue weighted by molar-refractivity contribution is -0.151. The van der Waals surface area contributed by atoms with Gasteiger partial charge in [-0.1, -0.05) is 31.4 Å². The molecule has 2 fully saturated rings. The first-order valence-electron chi connectivity index (χ1n) is 10.7. The van der Waals surface area contributed by atoms with E-state index in [9.17, 15) is 4.79 Å². The number of aromatic amines is 1. The van der Waals surface area contributed by atoms with Crippen LogP contribution in [0.3, 0.4) is 0 Å². The summed E-state index contributed by atoms with van der Waals surface area (Å²) in [5.41, 5.74) is 4.19. The van der Waals surface area contributed by atoms with E-state index in [1.165, 1.54) is 41.3 Å². The van der Waals surface area contributed by atoms with Crippen molar-refractivity contribution in [2.24, 2.45) is 11.8 Å². The van der Waals surface area contributed by atoms with Gasteiger partial charge >= 0.3 is 5.97 Å². The smallest absolute Gasteiger partial charge is 0.308 e. The number of hydrogen-bond acceptors (Lipinski definition) is 3. The minimum atomic E-state index is 0.0538. The van der Waals surface area contributed by atoms with E-state index < -0.39 is 0 Å². The van der Waals surface area contributed by atoms with Gasteiger partial charge in [0, 0.05) is 41.5 Å². The zero-order valence-corrected chi connectivity index (χ0v) is 16.2. The number of hydrogen-bond donors (Lipinski definition) is 1. The summed E-state index contributed by atoms with van der Waals surface area (Å²) in [6.07, 6.45) is 10.1. The van der Waals surface area contributed by atoms with E-state index in [0.717, 1.165) is 32.2 Å². The summed E-state index contributed by atoms with van der Waals surface area (Å²) in [5, 5.41) is 1.44. The van der Waals surface area contributed by atoms with Gasteiger partial charge in [-0.15, -0.1) is 0 Å². The van der Waals surface area contributed by atoms with Gasteiger partial charge in [0.15, 0.2) is 0 Å². The highest BCUT2D eigenvalue weighted by Crippen LogP contribution is 2.44. The number of carbonyl (C=O) groups is 1. The SMILES string of the molecule is CN1C[C@H](COC(=O)C2CCCCC2)C[C@@H]2c3cccc4[nH]cc(c34)C[C@H]21. The highest BCUT2D eigenvalue weighted by Gasteiger charge is 2.39. The van der Waals surface area contributed by atoms with Crippen LogP contribution in [0, 0.1) is 11.8 Å². The van der Waals surface area contributed by atoms with Crippen LogP contribution in [0.1, 0.15) is 55.6 Å². The predicted molar refractivity (Wildman–Crippen MR) is 107 cm³/mol. The van der Waals surface area contributed by atoms with Crippen molar-refractivity contribution < 1.29 is 9.53 Å². The van der Waals surface area contributed by atoms with Gasteiger partial charge in [0.05, 0.1) is 12.5 Å². The van der Waals surface area contributed by atoms with Crippen molar-refractivity contribution in [2.75, 3.05) is 20.2 Å². The number of carbonyl (C=O) groups excluding carboxylic acids is 1. The van der Waals surface area contributed by atoms with Gasteiger partial charge in [0.25, 0.3) is 0 Å². The Morgan fingerprint density at radius 2 is 2.11 bits per heavy atom. The van der Waals surface area contributed by atoms with E-state index in [0.29, 0.717) is 24.5 Å². The molecule has 27 heavy (non-hydrogen) atoms. The minimum Gasteiger partial charge on any atom is -0.465 e. The quantitative estimate of drug-likeness (QED) is 0.826. The van der Waals surface area contributed by atoms with Crippen molar-refractivity contribution in [1.29, 1.82) is 0 Å². The molecule has 4 nitrogen and oxygen atoms in total. The van der Waals surface area contributed by atoms with E-state index in [4.69, 9.17) is 4.74 Å². The van der Waals surface area contributed by atoms with Gasteiger partial charge in [-0.25, -0.2) is 0 Å². The molecule has 1 aromatic heterocycles. The summed E-state index contributed by atoms with van der Waals surface area (Å²) in [5.74, 6) is 1.17. The number of benzene rings is 1. The lowest BCUT2D eigenvalue weighted by Gasteiger charge is -2.45. The fourth-order valence-electron chi connectivity index (χ4n) is 5.83. The van der Waals surface area contributed by atoms with Crippen molar-refractivity contribution >= 4 is 16.9 Å². The summed E-state index contributed by atoms with van der Waals surface area (Å²) >= 11 is 0. The Morgan fingerprint density at radius 1 is 1.26 bits per heavy atom. The molecule has 1 saturated carbocycles. The highest BCUT2D eigenvalue weighted by atomic mass is 16.5. The van der Waals surface area contributed by atoms with Crippen LogP contribution in [-0.2, 0) is 16.0 Å². The summed E-state index contributed by atoms with van der Waals surface area (Å²) < 4.78 is 5.80. The molecule has 2 aliphatic carbocycles. The van der Waals surface area contributed by atoms with Crippen LogP contribution in [0.25, 0.3) is 10.9 Å². The first-order chi connectivity index (χ1) is 13.2. The maximum absolute atomic E-state index is 12.4. The van der Waals surface area contributed by atoms with E-state index in [1.807, 2.05) is 0 Å². The van der Waals surface area contributed by atoms with E-state index in [2.05, 4.69) is 41.3 Å². The molecule has 0 radical (unpaired) electrons. The molecule has 1 aliphatic heterocycles. The summed E-state index contributed by atoms with van der Waals surface area (Å²) in [7, 11) is 2.24. The van der Waals surface area contributed by atoms with Gasteiger partial charge in [0.2, 0.25) is 0 Å². The van der Waals surface area contributed by atoms with E-state index in [-0.39, 0.29) is 11.9 Å². The summed E-state index contributed by atoms with van der Waals surface area (Å²) in [4.78, 5) is 18.4. The van der Waals surface area contributed by atoms with Crippen molar-refractivity contribution in [2.45, 2.75) is 56.9 Å². The van der Waals surface area contributed by atoms with Crippen LogP contribution in [0.15, 0.2) is 24.4 Å². The fourth-order valence-corrected chi connectivity index (χ4v) is 5.83. The van der Waals surface area contributed by atoms with Crippen molar-refractivity contribution in [1.82, 2.24) is 9.88 Å². The van der Waals surface area contributed by atoms with Gasteiger partial charge in [0.1, 0.15) is 0 Å². The molecule has 0 amide bonds. The zero-order valence-electron chi connectivity index (χ0n) is 16.2. The van der Waals surface area contributed by atoms with Gasteiger partial charge < -0.3 is 14.6 Å². The van der Waals surface area contributed by atoms with Crippen LogP contribution in [0.2, 0.25) is 0 Å². The number of H-pyrrole nitrogens is 1. The number of likely N-dealkylation sites (N-methyl/N-ethyl adjacent to an activating group) is 1. The molecule has 1 N–H and O–H groups in total. The van der Waals surface area contributed by atoms with E-state index >= 15 is 0 Å². The van der Waals surface area contributed by atoms with Crippen molar-refractivity contribution in [3.63, 3.8) is 0 Å². The topological polar surface area (TPSA) is 45.3 Å². The molecule has 0 bridgehead atoms. The molecule has 0 spiro atoms. The van der Waals surface area contributed by atoms with Gasteiger partial charge in [-0.2, -0.15) is 0 Å². The summed E-state index contributed by atoms with van der Waals surface area (Å²) in [6.45, 7) is 1.60. The molecule has 3 aliphatic rings. The normalized spacial score (nSPS) is 28.9. The second-order valence-corrected chi connectivity index (χ2v) is 8.97. The Hall–Kier alpha value is -1.81. The molecular formula is C23H30N2O2. The number of ether oxygens (including phenoxy) is 1. The maximum atomic E-state index is 12.4. The van der Waals surface area contributed by atoms with Gasteiger partial charge in [-0.3, -0.25) is 4.79 Å². The number of likely N-dealkylation sites (tertiary alicyclic amines) is 1. The number of aromatic nitrogens is 1. The van der Waals surface area contributed by atoms with E-state index in [1.54, 1.807) is 0 Å². The number of piperidine rings is 1. The molecule has 5 rings (SSSR count). The molecule has 3 atom stereocenters. The average molecular weight is 367 g/mol. The first-order valence-corrected chi connectivity index (χ1v) is 10.7.